The summed E-state index contributed by atoms with van der Waals surface area (Å²) in [4.78, 5) is 3.77. The quantitative estimate of drug-likeness (QED) is 0.777. The standard InChI is InChI=1S/C11H17ClN2O3S/c1-8(2)10(15)5-6-14-18(16,17)9-3-4-11(12)13-7-9/h3-4,7-8,10,14-15H,5-6H2,1-2H3. The number of hydrogen-bond acceptors (Lipinski definition) is 4. The van der Waals surface area contributed by atoms with E-state index in [0.29, 0.717) is 6.42 Å². The molecule has 2 N–H and O–H groups in total. The molecule has 1 aromatic heterocycles. The largest absolute Gasteiger partial charge is 0.393 e. The van der Waals surface area contributed by atoms with Crippen LogP contribution in [0.1, 0.15) is 20.3 Å². The fourth-order valence-electron chi connectivity index (χ4n) is 1.28. The van der Waals surface area contributed by atoms with Crippen LogP contribution < -0.4 is 4.72 Å². The summed E-state index contributed by atoms with van der Waals surface area (Å²) in [5.74, 6) is 0.103. The zero-order valence-electron chi connectivity index (χ0n) is 10.3. The van der Waals surface area contributed by atoms with Gasteiger partial charge >= 0.3 is 0 Å². The summed E-state index contributed by atoms with van der Waals surface area (Å²) < 4.78 is 26.0. The number of nitrogens with zero attached hydrogens (tertiary/aromatic N) is 1. The molecule has 0 aliphatic rings. The van der Waals surface area contributed by atoms with Crippen LogP contribution in [-0.4, -0.2) is 31.2 Å². The van der Waals surface area contributed by atoms with Gasteiger partial charge in [-0.25, -0.2) is 18.1 Å². The Morgan fingerprint density at radius 3 is 2.61 bits per heavy atom. The summed E-state index contributed by atoms with van der Waals surface area (Å²) >= 11 is 5.58. The number of halogens is 1. The van der Waals surface area contributed by atoms with Crippen molar-refractivity contribution in [3.63, 3.8) is 0 Å². The van der Waals surface area contributed by atoms with Gasteiger partial charge in [0.25, 0.3) is 0 Å². The van der Waals surface area contributed by atoms with Crippen LogP contribution in [0.3, 0.4) is 0 Å². The van der Waals surface area contributed by atoms with Crippen molar-refractivity contribution in [2.75, 3.05) is 6.54 Å². The first-order valence-corrected chi connectivity index (χ1v) is 7.48. The van der Waals surface area contributed by atoms with E-state index >= 15 is 0 Å². The van der Waals surface area contributed by atoms with Crippen LogP contribution in [-0.2, 0) is 10.0 Å². The average Bonchev–Trinajstić information content (AvgIpc) is 2.29. The first-order valence-electron chi connectivity index (χ1n) is 5.62. The van der Waals surface area contributed by atoms with Crippen LogP contribution in [0, 0.1) is 5.92 Å². The van der Waals surface area contributed by atoms with Crippen molar-refractivity contribution in [3.05, 3.63) is 23.5 Å². The van der Waals surface area contributed by atoms with Crippen molar-refractivity contribution in [2.24, 2.45) is 5.92 Å². The summed E-state index contributed by atoms with van der Waals surface area (Å²) in [5, 5.41) is 9.81. The molecule has 0 fully saturated rings. The molecule has 1 heterocycles. The van der Waals surface area contributed by atoms with E-state index in [0.717, 1.165) is 0 Å². The van der Waals surface area contributed by atoms with Gasteiger partial charge in [-0.15, -0.1) is 0 Å². The highest BCUT2D eigenvalue weighted by Gasteiger charge is 2.15. The predicted octanol–water partition coefficient (Wildman–Crippen LogP) is 1.42. The van der Waals surface area contributed by atoms with Crippen LogP contribution in [0.25, 0.3) is 0 Å². The lowest BCUT2D eigenvalue weighted by atomic mass is 10.1. The molecule has 0 bridgehead atoms. The molecule has 102 valence electrons. The first-order chi connectivity index (χ1) is 8.33. The Bertz CT molecular complexity index is 474. The highest BCUT2D eigenvalue weighted by molar-refractivity contribution is 7.89. The van der Waals surface area contributed by atoms with Gasteiger partial charge in [0, 0.05) is 12.7 Å². The van der Waals surface area contributed by atoms with Crippen LogP contribution in [0.4, 0.5) is 0 Å². The first kappa shape index (κ1) is 15.4. The van der Waals surface area contributed by atoms with Gasteiger partial charge in [-0.2, -0.15) is 0 Å². The zero-order valence-corrected chi connectivity index (χ0v) is 11.9. The van der Waals surface area contributed by atoms with E-state index in [2.05, 4.69) is 9.71 Å². The third kappa shape index (κ3) is 4.53. The summed E-state index contributed by atoms with van der Waals surface area (Å²) in [6.45, 7) is 3.94. The molecule has 1 atom stereocenters. The van der Waals surface area contributed by atoms with Gasteiger partial charge in [-0.3, -0.25) is 0 Å². The molecule has 0 radical (unpaired) electrons. The van der Waals surface area contributed by atoms with Crippen LogP contribution >= 0.6 is 11.6 Å². The molecule has 0 saturated heterocycles. The molecule has 0 aromatic carbocycles. The Balaban J connectivity index is 2.58. The van der Waals surface area contributed by atoms with Crippen molar-refractivity contribution in [1.82, 2.24) is 9.71 Å². The number of rotatable bonds is 6. The fraction of sp³-hybridized carbons (Fsp3) is 0.545. The van der Waals surface area contributed by atoms with Crippen molar-refractivity contribution in [3.8, 4) is 0 Å². The van der Waals surface area contributed by atoms with Crippen LogP contribution in [0.15, 0.2) is 23.2 Å². The summed E-state index contributed by atoms with van der Waals surface area (Å²) in [7, 11) is -3.58. The van der Waals surface area contributed by atoms with Crippen molar-refractivity contribution in [1.29, 1.82) is 0 Å². The molecule has 0 amide bonds. The fourth-order valence-corrected chi connectivity index (χ4v) is 2.38. The second-order valence-electron chi connectivity index (χ2n) is 4.31. The molecule has 18 heavy (non-hydrogen) atoms. The average molecular weight is 293 g/mol. The smallest absolute Gasteiger partial charge is 0.242 e. The lowest BCUT2D eigenvalue weighted by Gasteiger charge is -2.14. The number of sulfonamides is 1. The summed E-state index contributed by atoms with van der Waals surface area (Å²) in [5.41, 5.74) is 0. The number of hydrogen-bond donors (Lipinski definition) is 2. The third-order valence-corrected chi connectivity index (χ3v) is 4.18. The Labute approximate surface area is 112 Å². The van der Waals surface area contributed by atoms with Crippen LogP contribution in [0.5, 0.6) is 0 Å². The van der Waals surface area contributed by atoms with E-state index in [1.54, 1.807) is 0 Å². The molecule has 0 aliphatic carbocycles. The summed E-state index contributed by atoms with van der Waals surface area (Å²) in [6.07, 6.45) is 1.05. The van der Waals surface area contributed by atoms with Gasteiger partial charge in [-0.05, 0) is 24.5 Å². The van der Waals surface area contributed by atoms with Gasteiger partial charge in [0.05, 0.1) is 6.10 Å². The molecule has 1 unspecified atom stereocenters. The second kappa shape index (κ2) is 6.47. The normalized spacial score (nSPS) is 13.8. The maximum atomic E-state index is 11.8. The minimum atomic E-state index is -3.58. The zero-order chi connectivity index (χ0) is 13.8. The Hall–Kier alpha value is -0.690. The molecule has 7 heteroatoms. The molecule has 0 aliphatic heterocycles. The lowest BCUT2D eigenvalue weighted by Crippen LogP contribution is -2.28. The Kier molecular flexibility index (Phi) is 5.52. The SMILES string of the molecule is CC(C)C(O)CCNS(=O)(=O)c1ccc(Cl)nc1. The maximum Gasteiger partial charge on any atom is 0.242 e. The van der Waals surface area contributed by atoms with E-state index < -0.39 is 16.1 Å². The van der Waals surface area contributed by atoms with Gasteiger partial charge in [0.15, 0.2) is 0 Å². The molecule has 0 saturated carbocycles. The number of aliphatic hydroxyl groups excluding tert-OH is 1. The van der Waals surface area contributed by atoms with Gasteiger partial charge in [0.1, 0.15) is 10.0 Å². The molecule has 1 rings (SSSR count). The summed E-state index contributed by atoms with van der Waals surface area (Å²) in [6, 6.07) is 2.80. The lowest BCUT2D eigenvalue weighted by molar-refractivity contribution is 0.118. The monoisotopic (exact) mass is 292 g/mol. The molecule has 5 nitrogen and oxygen atoms in total. The minimum Gasteiger partial charge on any atom is -0.393 e. The highest BCUT2D eigenvalue weighted by Crippen LogP contribution is 2.11. The van der Waals surface area contributed by atoms with E-state index in [1.807, 2.05) is 13.8 Å². The number of nitrogens with one attached hydrogen (secondary N) is 1. The highest BCUT2D eigenvalue weighted by atomic mass is 35.5. The van der Waals surface area contributed by atoms with Gasteiger partial charge in [0.2, 0.25) is 10.0 Å². The predicted molar refractivity (Wildman–Crippen MR) is 69.9 cm³/mol. The molecule has 1 aromatic rings. The minimum absolute atomic E-state index is 0.0611. The Morgan fingerprint density at radius 1 is 1.44 bits per heavy atom. The van der Waals surface area contributed by atoms with Crippen molar-refractivity contribution in [2.45, 2.75) is 31.3 Å². The van der Waals surface area contributed by atoms with Crippen LogP contribution in [0.2, 0.25) is 5.15 Å². The molecule has 0 spiro atoms. The number of aliphatic hydroxyl groups is 1. The van der Waals surface area contributed by atoms with Gasteiger partial charge < -0.3 is 5.11 Å². The van der Waals surface area contributed by atoms with Gasteiger partial charge in [-0.1, -0.05) is 25.4 Å². The maximum absolute atomic E-state index is 11.8. The van der Waals surface area contributed by atoms with E-state index in [-0.39, 0.29) is 22.5 Å². The number of aromatic nitrogens is 1. The number of pyridine rings is 1. The van der Waals surface area contributed by atoms with E-state index in [9.17, 15) is 13.5 Å². The molecular formula is C11H17ClN2O3S. The van der Waals surface area contributed by atoms with Crippen molar-refractivity contribution < 1.29 is 13.5 Å². The second-order valence-corrected chi connectivity index (χ2v) is 6.47. The third-order valence-electron chi connectivity index (χ3n) is 2.51. The topological polar surface area (TPSA) is 79.3 Å². The van der Waals surface area contributed by atoms with E-state index in [1.165, 1.54) is 18.3 Å². The van der Waals surface area contributed by atoms with Crippen molar-refractivity contribution >= 4 is 21.6 Å². The van der Waals surface area contributed by atoms with E-state index in [4.69, 9.17) is 11.6 Å². The Morgan fingerprint density at radius 2 is 2.11 bits per heavy atom. The molecular weight excluding hydrogens is 276 g/mol.